The second-order valence-corrected chi connectivity index (χ2v) is 16.1. The van der Waals surface area contributed by atoms with Crippen molar-refractivity contribution in [3.05, 3.63) is 163 Å². The van der Waals surface area contributed by atoms with Gasteiger partial charge in [-0.05, 0) is 121 Å². The van der Waals surface area contributed by atoms with Crippen LogP contribution >= 0.6 is 34.0 Å². The van der Waals surface area contributed by atoms with Crippen molar-refractivity contribution in [3.8, 4) is 53.2 Å². The number of aromatic amines is 1. The summed E-state index contributed by atoms with van der Waals surface area (Å²) < 4.78 is 0. The smallest absolute Gasteiger partial charge is 0.197 e. The second kappa shape index (κ2) is 18.1. The normalized spacial score (nSPS) is 10.7. The van der Waals surface area contributed by atoms with Crippen LogP contribution in [-0.4, -0.2) is 49.8 Å². The van der Waals surface area contributed by atoms with E-state index in [1.54, 1.807) is 59.6 Å². The molecule has 0 fully saturated rings. The number of rotatable bonds is 5. The molecule has 1 aromatic carbocycles. The Labute approximate surface area is 364 Å². The van der Waals surface area contributed by atoms with Crippen LogP contribution in [0, 0.1) is 13.8 Å². The van der Waals surface area contributed by atoms with Crippen molar-refractivity contribution < 1.29 is 19.5 Å². The maximum Gasteiger partial charge on any atom is 0.197 e. The quantitative estimate of drug-likeness (QED) is 0.132. The Bertz CT molecular complexity index is 2960. The first-order valence-corrected chi connectivity index (χ1v) is 20.7. The standard InChI is InChI=1S/C25H14N4S3.C12H12N2.C8H6N4.Ru/c1-4-14-21(26-11-1)22-15(5-2-12-27-22)24-23(14)28-25(29-24)20-10-9-19(32-20)18-8-7-17(31-18)16-6-3-13-30-16;1-9-3-5-13-11(7-9)12-8-10(2)4-6-14-12;1-3-9-7(10-4-1)8-11-5-2-6-12-8;/h1-13H,(H,28,29);3-8H,1-2H3;1-6H;. The van der Waals surface area contributed by atoms with Gasteiger partial charge < -0.3 is 4.98 Å². The first-order valence-electron chi connectivity index (χ1n) is 18.2. The molecule has 0 aliphatic carbocycles. The van der Waals surface area contributed by atoms with Gasteiger partial charge in [-0.15, -0.1) is 34.0 Å². The van der Waals surface area contributed by atoms with Crippen LogP contribution in [0.15, 0.2) is 152 Å². The van der Waals surface area contributed by atoms with Gasteiger partial charge in [-0.2, -0.15) is 0 Å². The molecule has 0 aliphatic rings. The van der Waals surface area contributed by atoms with Crippen LogP contribution in [0.1, 0.15) is 11.1 Å². The van der Waals surface area contributed by atoms with Gasteiger partial charge in [0.25, 0.3) is 0 Å². The molecule has 10 aromatic heterocycles. The molecule has 10 nitrogen and oxygen atoms in total. The fraction of sp³-hybridized carbons (Fsp3) is 0.0444. The zero-order valence-electron chi connectivity index (χ0n) is 31.5. The van der Waals surface area contributed by atoms with Crippen LogP contribution in [-0.2, 0) is 19.5 Å². The monoisotopic (exact) mass is 910 g/mol. The van der Waals surface area contributed by atoms with Crippen LogP contribution in [0.3, 0.4) is 0 Å². The molecule has 11 aromatic rings. The zero-order valence-corrected chi connectivity index (χ0v) is 35.7. The van der Waals surface area contributed by atoms with E-state index in [1.807, 2.05) is 72.5 Å². The topological polar surface area (TPSA) is 132 Å². The Kier molecular flexibility index (Phi) is 12.1. The third-order valence-electron chi connectivity index (χ3n) is 8.95. The van der Waals surface area contributed by atoms with Gasteiger partial charge >= 0.3 is 0 Å². The number of pyridine rings is 4. The number of aryl methyl sites for hydroxylation is 2. The summed E-state index contributed by atoms with van der Waals surface area (Å²) in [5.41, 5.74) is 8.03. The average Bonchev–Trinajstić information content (AvgIpc) is 4.12. The molecule has 59 heavy (non-hydrogen) atoms. The van der Waals surface area contributed by atoms with Crippen molar-refractivity contribution in [2.24, 2.45) is 0 Å². The molecule has 11 rings (SSSR count). The molecule has 0 radical (unpaired) electrons. The van der Waals surface area contributed by atoms with Crippen LogP contribution in [0.25, 0.3) is 86.1 Å². The number of fused-ring (bicyclic) bond motifs is 6. The fourth-order valence-corrected chi connectivity index (χ4v) is 9.14. The van der Waals surface area contributed by atoms with E-state index < -0.39 is 0 Å². The molecule has 0 bridgehead atoms. The number of hydrogen-bond donors (Lipinski definition) is 1. The number of thiophene rings is 3. The Balaban J connectivity index is 0.000000148. The molecule has 0 spiro atoms. The largest absolute Gasteiger partial charge is 0.337 e. The summed E-state index contributed by atoms with van der Waals surface area (Å²) >= 11 is 5.38. The summed E-state index contributed by atoms with van der Waals surface area (Å²) in [6.45, 7) is 4.11. The van der Waals surface area contributed by atoms with Gasteiger partial charge in [0.2, 0.25) is 0 Å². The third kappa shape index (κ3) is 8.76. The van der Waals surface area contributed by atoms with E-state index in [2.05, 4.69) is 113 Å². The molecule has 10 heterocycles. The summed E-state index contributed by atoms with van der Waals surface area (Å²) in [4.78, 5) is 48.7. The fourth-order valence-electron chi connectivity index (χ4n) is 6.26. The predicted octanol–water partition coefficient (Wildman–Crippen LogP) is 11.5. The molecule has 14 heteroatoms. The van der Waals surface area contributed by atoms with Crippen LogP contribution in [0.4, 0.5) is 0 Å². The number of aromatic nitrogens is 10. The third-order valence-corrected chi connectivity index (χ3v) is 12.4. The minimum absolute atomic E-state index is 0. The van der Waals surface area contributed by atoms with Gasteiger partial charge in [-0.1, -0.05) is 6.07 Å². The van der Waals surface area contributed by atoms with Gasteiger partial charge in [0.1, 0.15) is 5.82 Å². The van der Waals surface area contributed by atoms with Gasteiger partial charge in [0, 0.05) is 99.3 Å². The minimum atomic E-state index is 0. The maximum atomic E-state index is 5.01. The van der Waals surface area contributed by atoms with Crippen LogP contribution in [0.2, 0.25) is 0 Å². The van der Waals surface area contributed by atoms with Gasteiger partial charge in [-0.25, -0.2) is 24.9 Å². The van der Waals surface area contributed by atoms with Crippen molar-refractivity contribution in [2.75, 3.05) is 0 Å². The Morgan fingerprint density at radius 2 is 0.949 bits per heavy atom. The molecule has 0 amide bonds. The number of hydrogen-bond acceptors (Lipinski definition) is 12. The maximum absolute atomic E-state index is 5.01. The SMILES string of the molecule is Cc1ccnc(-c2cc(C)ccn2)c1.[Ru].c1cnc(-c2ncccn2)nc1.c1csc(-c2ccc(-c3ccc(-c4nc5c6cccnc6c6ncccc6c5[nH]4)s3)s2)c1. The average molecular weight is 910 g/mol. The molecule has 0 unspecified atom stereocenters. The number of benzene rings is 1. The van der Waals surface area contributed by atoms with Crippen LogP contribution in [0.5, 0.6) is 0 Å². The summed E-state index contributed by atoms with van der Waals surface area (Å²) in [5.74, 6) is 1.99. The molecule has 0 saturated carbocycles. The van der Waals surface area contributed by atoms with Crippen molar-refractivity contribution in [1.82, 2.24) is 49.8 Å². The van der Waals surface area contributed by atoms with Crippen molar-refractivity contribution >= 4 is 66.8 Å². The van der Waals surface area contributed by atoms with Crippen molar-refractivity contribution in [2.45, 2.75) is 13.8 Å². The van der Waals surface area contributed by atoms with Crippen molar-refractivity contribution in [1.29, 1.82) is 0 Å². The van der Waals surface area contributed by atoms with E-state index >= 15 is 0 Å². The number of nitrogens with zero attached hydrogens (tertiary/aromatic N) is 9. The minimum Gasteiger partial charge on any atom is -0.337 e. The van der Waals surface area contributed by atoms with Gasteiger partial charge in [0.15, 0.2) is 11.6 Å². The van der Waals surface area contributed by atoms with E-state index in [0.29, 0.717) is 11.6 Å². The first-order chi connectivity index (χ1) is 28.6. The molecular formula is C45H32N10RuS3. The number of nitrogens with one attached hydrogen (secondary N) is 1. The zero-order chi connectivity index (χ0) is 39.3. The molecule has 288 valence electrons. The van der Waals surface area contributed by atoms with E-state index in [1.165, 1.54) is 30.6 Å². The van der Waals surface area contributed by atoms with E-state index in [4.69, 9.17) is 4.98 Å². The first kappa shape index (κ1) is 39.5. The number of imidazole rings is 1. The number of H-pyrrole nitrogens is 1. The Morgan fingerprint density at radius 1 is 0.441 bits per heavy atom. The van der Waals surface area contributed by atoms with E-state index in [0.717, 1.165) is 54.9 Å². The van der Waals surface area contributed by atoms with Gasteiger partial charge in [-0.3, -0.25) is 19.9 Å². The Morgan fingerprint density at radius 3 is 1.51 bits per heavy atom. The molecular weight excluding hydrogens is 878 g/mol. The van der Waals surface area contributed by atoms with Crippen LogP contribution < -0.4 is 0 Å². The predicted molar refractivity (Wildman–Crippen MR) is 237 cm³/mol. The van der Waals surface area contributed by atoms with Crippen molar-refractivity contribution in [3.63, 3.8) is 0 Å². The second-order valence-electron chi connectivity index (χ2n) is 13.0. The molecule has 0 atom stereocenters. The van der Waals surface area contributed by atoms with Gasteiger partial charge in [0.05, 0.1) is 38.3 Å². The summed E-state index contributed by atoms with van der Waals surface area (Å²) in [6.07, 6.45) is 13.9. The molecule has 1 N–H and O–H groups in total. The van der Waals surface area contributed by atoms with E-state index in [9.17, 15) is 0 Å². The molecule has 0 aliphatic heterocycles. The summed E-state index contributed by atoms with van der Waals surface area (Å²) in [7, 11) is 0. The molecule has 0 saturated heterocycles. The summed E-state index contributed by atoms with van der Waals surface area (Å²) in [6, 6.07) is 32.7. The Hall–Kier alpha value is -6.31. The van der Waals surface area contributed by atoms with E-state index in [-0.39, 0.29) is 19.5 Å². The summed E-state index contributed by atoms with van der Waals surface area (Å²) in [5, 5.41) is 4.19.